The van der Waals surface area contributed by atoms with Crippen molar-refractivity contribution in [2.75, 3.05) is 26.2 Å². The number of urea groups is 1. The van der Waals surface area contributed by atoms with Gasteiger partial charge in [0, 0.05) is 38.1 Å². The van der Waals surface area contributed by atoms with E-state index in [0.717, 1.165) is 30.8 Å². The summed E-state index contributed by atoms with van der Waals surface area (Å²) in [6.45, 7) is 4.61. The summed E-state index contributed by atoms with van der Waals surface area (Å²) < 4.78 is 1.83. The normalized spacial score (nSPS) is 21.0. The lowest BCUT2D eigenvalue weighted by Gasteiger charge is -2.23. The number of likely N-dealkylation sites (tertiary alicyclic amines) is 2. The summed E-state index contributed by atoms with van der Waals surface area (Å²) in [7, 11) is 0. The average Bonchev–Trinajstić information content (AvgIpc) is 3.41. The van der Waals surface area contributed by atoms with Crippen LogP contribution in [0, 0.1) is 0 Å². The molecule has 1 N–H and O–H groups in total. The molecule has 0 saturated carbocycles. The van der Waals surface area contributed by atoms with E-state index in [1.165, 1.54) is 25.9 Å². The molecule has 2 aliphatic rings. The van der Waals surface area contributed by atoms with Crippen LogP contribution in [0.3, 0.4) is 0 Å². The van der Waals surface area contributed by atoms with Crippen LogP contribution in [0.25, 0.3) is 5.69 Å². The molecular weight excluding hydrogens is 314 g/mol. The first-order chi connectivity index (χ1) is 12.3. The van der Waals surface area contributed by atoms with E-state index >= 15 is 0 Å². The molecule has 0 bridgehead atoms. The molecule has 2 aromatic rings. The number of nitrogens with zero attached hydrogens (tertiary/aromatic N) is 4. The number of hydrogen-bond acceptors (Lipinski definition) is 3. The van der Waals surface area contributed by atoms with E-state index in [1.807, 2.05) is 46.1 Å². The molecule has 3 heterocycles. The highest BCUT2D eigenvalue weighted by molar-refractivity contribution is 5.74. The Morgan fingerprint density at radius 3 is 2.80 bits per heavy atom. The standard InChI is InChI=1S/C19H25N5O/c25-19(23-13-8-17(15-23)22-10-3-4-11-22)20-14-16-6-1-2-7-18(16)24-12-5-9-21-24/h1-2,5-7,9,12,17H,3-4,8,10-11,13-15H2,(H,20,25)/t17-/m1/s1. The summed E-state index contributed by atoms with van der Waals surface area (Å²) in [5.74, 6) is 0. The van der Waals surface area contributed by atoms with Gasteiger partial charge in [-0.1, -0.05) is 18.2 Å². The highest BCUT2D eigenvalue weighted by Crippen LogP contribution is 2.20. The van der Waals surface area contributed by atoms with Crippen molar-refractivity contribution in [3.05, 3.63) is 48.3 Å². The highest BCUT2D eigenvalue weighted by atomic mass is 16.2. The first kappa shape index (κ1) is 16.1. The second-order valence-electron chi connectivity index (χ2n) is 6.87. The molecule has 0 aliphatic carbocycles. The van der Waals surface area contributed by atoms with E-state index in [2.05, 4.69) is 15.3 Å². The Labute approximate surface area is 148 Å². The molecule has 1 aromatic carbocycles. The first-order valence-electron chi connectivity index (χ1n) is 9.16. The Balaban J connectivity index is 1.35. The molecule has 2 amide bonds. The number of nitrogens with one attached hydrogen (secondary N) is 1. The van der Waals surface area contributed by atoms with Crippen LogP contribution < -0.4 is 5.32 Å². The van der Waals surface area contributed by atoms with Gasteiger partial charge in [0.25, 0.3) is 0 Å². The van der Waals surface area contributed by atoms with Crippen LogP contribution >= 0.6 is 0 Å². The summed E-state index contributed by atoms with van der Waals surface area (Å²) >= 11 is 0. The SMILES string of the molecule is O=C(NCc1ccccc1-n1cccn1)N1CC[C@@H](N2CCCC2)C1. The fraction of sp³-hybridized carbons (Fsp3) is 0.474. The van der Waals surface area contributed by atoms with E-state index in [4.69, 9.17) is 0 Å². The maximum absolute atomic E-state index is 12.6. The number of carbonyl (C=O) groups is 1. The number of amides is 2. The van der Waals surface area contributed by atoms with Gasteiger partial charge in [-0.25, -0.2) is 9.48 Å². The van der Waals surface area contributed by atoms with Gasteiger partial charge < -0.3 is 10.2 Å². The van der Waals surface area contributed by atoms with Crippen molar-refractivity contribution in [1.29, 1.82) is 0 Å². The number of aromatic nitrogens is 2. The van der Waals surface area contributed by atoms with Crippen molar-refractivity contribution in [1.82, 2.24) is 24.9 Å². The second-order valence-corrected chi connectivity index (χ2v) is 6.87. The minimum atomic E-state index is 0.0389. The Hall–Kier alpha value is -2.34. The molecule has 2 aliphatic heterocycles. The molecule has 0 radical (unpaired) electrons. The molecule has 2 saturated heterocycles. The summed E-state index contributed by atoms with van der Waals surface area (Å²) in [5, 5.41) is 7.38. The molecule has 25 heavy (non-hydrogen) atoms. The molecule has 0 unspecified atom stereocenters. The van der Waals surface area contributed by atoms with Crippen LogP contribution in [0.1, 0.15) is 24.8 Å². The molecule has 6 nitrogen and oxygen atoms in total. The lowest BCUT2D eigenvalue weighted by atomic mass is 10.2. The van der Waals surface area contributed by atoms with Crippen LogP contribution in [0.2, 0.25) is 0 Å². The molecule has 4 rings (SSSR count). The fourth-order valence-corrected chi connectivity index (χ4v) is 3.91. The number of rotatable bonds is 4. The zero-order valence-corrected chi connectivity index (χ0v) is 14.5. The Morgan fingerprint density at radius 2 is 2.00 bits per heavy atom. The Bertz CT molecular complexity index is 708. The molecule has 0 spiro atoms. The van der Waals surface area contributed by atoms with Gasteiger partial charge in [0.15, 0.2) is 0 Å². The van der Waals surface area contributed by atoms with Crippen molar-refractivity contribution < 1.29 is 4.79 Å². The van der Waals surface area contributed by atoms with Crippen molar-refractivity contribution >= 4 is 6.03 Å². The van der Waals surface area contributed by atoms with Gasteiger partial charge in [-0.3, -0.25) is 4.90 Å². The van der Waals surface area contributed by atoms with E-state index in [0.29, 0.717) is 12.6 Å². The van der Waals surface area contributed by atoms with Gasteiger partial charge in [0.05, 0.1) is 5.69 Å². The fourth-order valence-electron chi connectivity index (χ4n) is 3.91. The topological polar surface area (TPSA) is 53.4 Å². The second kappa shape index (κ2) is 7.27. The van der Waals surface area contributed by atoms with Gasteiger partial charge in [-0.05, 0) is 50.0 Å². The van der Waals surface area contributed by atoms with Crippen LogP contribution in [-0.4, -0.2) is 57.8 Å². The third-order valence-electron chi connectivity index (χ3n) is 5.28. The number of hydrogen-bond donors (Lipinski definition) is 1. The van der Waals surface area contributed by atoms with Gasteiger partial charge in [-0.15, -0.1) is 0 Å². The zero-order chi connectivity index (χ0) is 17.1. The first-order valence-corrected chi connectivity index (χ1v) is 9.16. The van der Waals surface area contributed by atoms with Crippen LogP contribution in [-0.2, 0) is 6.54 Å². The maximum atomic E-state index is 12.6. The monoisotopic (exact) mass is 339 g/mol. The van der Waals surface area contributed by atoms with Crippen molar-refractivity contribution in [2.45, 2.75) is 31.8 Å². The molecule has 1 aromatic heterocycles. The quantitative estimate of drug-likeness (QED) is 0.929. The highest BCUT2D eigenvalue weighted by Gasteiger charge is 2.31. The maximum Gasteiger partial charge on any atom is 0.317 e. The summed E-state index contributed by atoms with van der Waals surface area (Å²) in [4.78, 5) is 17.1. The minimum Gasteiger partial charge on any atom is -0.334 e. The molecule has 1 atom stereocenters. The number of benzene rings is 1. The summed E-state index contributed by atoms with van der Waals surface area (Å²) in [6.07, 6.45) is 7.37. The largest absolute Gasteiger partial charge is 0.334 e. The minimum absolute atomic E-state index is 0.0389. The van der Waals surface area contributed by atoms with E-state index in [1.54, 1.807) is 6.20 Å². The predicted molar refractivity (Wildman–Crippen MR) is 96.6 cm³/mol. The van der Waals surface area contributed by atoms with Crippen molar-refractivity contribution in [2.24, 2.45) is 0 Å². The lowest BCUT2D eigenvalue weighted by Crippen LogP contribution is -2.41. The van der Waals surface area contributed by atoms with Crippen LogP contribution in [0.15, 0.2) is 42.7 Å². The zero-order valence-electron chi connectivity index (χ0n) is 14.5. The van der Waals surface area contributed by atoms with Gasteiger partial charge >= 0.3 is 6.03 Å². The number of carbonyl (C=O) groups excluding carboxylic acids is 1. The van der Waals surface area contributed by atoms with Gasteiger partial charge in [-0.2, -0.15) is 5.10 Å². The van der Waals surface area contributed by atoms with Crippen molar-refractivity contribution in [3.8, 4) is 5.69 Å². The number of para-hydroxylation sites is 1. The average molecular weight is 339 g/mol. The van der Waals surface area contributed by atoms with Crippen molar-refractivity contribution in [3.63, 3.8) is 0 Å². The molecule has 6 heteroatoms. The van der Waals surface area contributed by atoms with E-state index < -0.39 is 0 Å². The summed E-state index contributed by atoms with van der Waals surface area (Å²) in [6, 6.07) is 10.5. The summed E-state index contributed by atoms with van der Waals surface area (Å²) in [5.41, 5.74) is 2.07. The van der Waals surface area contributed by atoms with Crippen LogP contribution in [0.4, 0.5) is 4.79 Å². The Kier molecular flexibility index (Phi) is 4.70. The van der Waals surface area contributed by atoms with E-state index in [-0.39, 0.29) is 6.03 Å². The Morgan fingerprint density at radius 1 is 1.16 bits per heavy atom. The van der Waals surface area contributed by atoms with Gasteiger partial charge in [0.1, 0.15) is 0 Å². The van der Waals surface area contributed by atoms with E-state index in [9.17, 15) is 4.79 Å². The van der Waals surface area contributed by atoms with Gasteiger partial charge in [0.2, 0.25) is 0 Å². The predicted octanol–water partition coefficient (Wildman–Crippen LogP) is 2.25. The molecular formula is C19H25N5O. The molecule has 2 fully saturated rings. The lowest BCUT2D eigenvalue weighted by molar-refractivity contribution is 0.198. The third-order valence-corrected chi connectivity index (χ3v) is 5.28. The third kappa shape index (κ3) is 3.54. The van der Waals surface area contributed by atoms with Crippen LogP contribution in [0.5, 0.6) is 0 Å². The smallest absolute Gasteiger partial charge is 0.317 e. The molecule has 132 valence electrons.